The van der Waals surface area contributed by atoms with Crippen LogP contribution >= 0.6 is 20.9 Å². The lowest BCUT2D eigenvalue weighted by molar-refractivity contribution is -0.00000245. The molecule has 5 heteroatoms. The van der Waals surface area contributed by atoms with Crippen LogP contribution < -0.4 is 12.4 Å². The number of hydrogen-bond acceptors (Lipinski definition) is 3. The minimum absolute atomic E-state index is 0. The summed E-state index contributed by atoms with van der Waals surface area (Å²) >= 11 is 0. The normalized spacial score (nSPS) is 10.3. The van der Waals surface area contributed by atoms with Gasteiger partial charge in [-0.2, -0.15) is 0 Å². The van der Waals surface area contributed by atoms with E-state index in [0.29, 0.717) is 0 Å². The lowest BCUT2D eigenvalue weighted by Crippen LogP contribution is -3.00. The largest absolute Gasteiger partial charge is 1.00 e. The predicted molar refractivity (Wildman–Crippen MR) is 57.2 cm³/mol. The summed E-state index contributed by atoms with van der Waals surface area (Å²) in [5.41, 5.74) is 1.08. The van der Waals surface area contributed by atoms with Crippen molar-refractivity contribution in [2.75, 3.05) is 0 Å². The molecule has 0 unspecified atom stereocenters. The van der Waals surface area contributed by atoms with Crippen molar-refractivity contribution in [2.45, 2.75) is 0 Å². The summed E-state index contributed by atoms with van der Waals surface area (Å²) < 4.78 is 5.55. The molecule has 0 spiro atoms. The first kappa shape index (κ1) is 9.71. The molecule has 0 fully saturated rings. The number of hydrogen-bond donors (Lipinski definition) is 0. The average Bonchev–Trinajstić information content (AvgIpc) is 2.65. The van der Waals surface area contributed by atoms with Gasteiger partial charge in [0.2, 0.25) is 0 Å². The van der Waals surface area contributed by atoms with Crippen LogP contribution in [-0.2, 0) is 0 Å². The van der Waals surface area contributed by atoms with Crippen molar-refractivity contribution < 1.29 is 12.4 Å². The fourth-order valence-electron chi connectivity index (χ4n) is 1.38. The van der Waals surface area contributed by atoms with Gasteiger partial charge in [0.05, 0.1) is 5.39 Å². The topological polar surface area (TPSA) is 25.8 Å². The summed E-state index contributed by atoms with van der Waals surface area (Å²) in [6.45, 7) is 0. The van der Waals surface area contributed by atoms with Crippen LogP contribution in [0.2, 0.25) is 0 Å². The molecule has 0 N–H and O–H groups in total. The number of halogens is 1. The van der Waals surface area contributed by atoms with Crippen molar-refractivity contribution in [3.8, 4) is 0 Å². The second-order valence-corrected chi connectivity index (χ2v) is 4.61. The Labute approximate surface area is 94.2 Å². The highest BCUT2D eigenvalue weighted by Crippen LogP contribution is 2.29. The van der Waals surface area contributed by atoms with Crippen LogP contribution in [0.15, 0.2) is 30.6 Å². The first-order valence-electron chi connectivity index (χ1n) is 3.86. The molecule has 0 bridgehead atoms. The van der Waals surface area contributed by atoms with E-state index in [2.05, 4.69) is 21.5 Å². The zero-order valence-corrected chi connectivity index (χ0v) is 9.36. The molecule has 0 aliphatic rings. The lowest BCUT2D eigenvalue weighted by Gasteiger charge is -1.90. The summed E-state index contributed by atoms with van der Waals surface area (Å²) in [6.07, 6.45) is 3.72. The Kier molecular flexibility index (Phi) is 2.58. The van der Waals surface area contributed by atoms with Crippen molar-refractivity contribution in [3.05, 3.63) is 30.6 Å². The standard InChI is InChI=1S/C9H5N2S2.ClH/c1-2-8-9(12-13-11-8)7-5-10-4-3-6(1)7;/h1-5H;1H/q+1;/p-1. The smallest absolute Gasteiger partial charge is 0.324 e. The van der Waals surface area contributed by atoms with Gasteiger partial charge in [-0.05, 0) is 17.5 Å². The van der Waals surface area contributed by atoms with Gasteiger partial charge in [0, 0.05) is 12.4 Å². The first-order valence-corrected chi connectivity index (χ1v) is 5.97. The van der Waals surface area contributed by atoms with Crippen LogP contribution in [0.4, 0.5) is 0 Å². The van der Waals surface area contributed by atoms with E-state index in [4.69, 9.17) is 0 Å². The third-order valence-electron chi connectivity index (χ3n) is 2.01. The van der Waals surface area contributed by atoms with Gasteiger partial charge in [0.15, 0.2) is 0 Å². The van der Waals surface area contributed by atoms with E-state index in [1.807, 2.05) is 18.5 Å². The molecular weight excluding hydrogens is 236 g/mol. The summed E-state index contributed by atoms with van der Waals surface area (Å²) in [7, 11) is 3.24. The Hall–Kier alpha value is -0.840. The van der Waals surface area contributed by atoms with E-state index >= 15 is 0 Å². The maximum absolute atomic E-state index is 4.30. The van der Waals surface area contributed by atoms with Crippen LogP contribution in [-0.4, -0.2) is 9.36 Å². The molecule has 0 saturated carbocycles. The number of pyridine rings is 1. The highest BCUT2D eigenvalue weighted by atomic mass is 35.5. The van der Waals surface area contributed by atoms with Crippen molar-refractivity contribution >= 4 is 41.9 Å². The molecule has 2 heterocycles. The fourth-order valence-corrected chi connectivity index (χ4v) is 3.34. The van der Waals surface area contributed by atoms with Gasteiger partial charge in [-0.3, -0.25) is 4.98 Å². The van der Waals surface area contributed by atoms with E-state index in [-0.39, 0.29) is 12.4 Å². The molecule has 0 aliphatic carbocycles. The van der Waals surface area contributed by atoms with Crippen LogP contribution in [0.3, 0.4) is 0 Å². The fraction of sp³-hybridized carbons (Fsp3) is 0. The molecule has 3 rings (SSSR count). The molecule has 14 heavy (non-hydrogen) atoms. The van der Waals surface area contributed by atoms with E-state index in [9.17, 15) is 0 Å². The van der Waals surface area contributed by atoms with Gasteiger partial charge < -0.3 is 12.4 Å². The van der Waals surface area contributed by atoms with Crippen LogP contribution in [0, 0.1) is 0 Å². The molecular formula is C9H5ClN2S2. The van der Waals surface area contributed by atoms with Crippen LogP contribution in [0.1, 0.15) is 0 Å². The monoisotopic (exact) mass is 240 g/mol. The van der Waals surface area contributed by atoms with Crippen molar-refractivity contribution in [1.82, 2.24) is 9.36 Å². The van der Waals surface area contributed by atoms with E-state index < -0.39 is 0 Å². The SMILES string of the molecule is [Cl-].c1cc2ccc3ns[s+]c3c2cn1. The van der Waals surface area contributed by atoms with Gasteiger partial charge in [-0.15, -0.1) is 4.37 Å². The van der Waals surface area contributed by atoms with Crippen LogP contribution in [0.25, 0.3) is 21.0 Å². The second-order valence-electron chi connectivity index (χ2n) is 2.76. The van der Waals surface area contributed by atoms with Gasteiger partial charge in [0.25, 0.3) is 15.2 Å². The maximum atomic E-state index is 4.30. The maximum Gasteiger partial charge on any atom is 0.324 e. The summed E-state index contributed by atoms with van der Waals surface area (Å²) in [5.74, 6) is 0. The van der Waals surface area contributed by atoms with Crippen LogP contribution in [0.5, 0.6) is 0 Å². The van der Waals surface area contributed by atoms with E-state index in [1.54, 1.807) is 10.3 Å². The predicted octanol–water partition coefficient (Wildman–Crippen LogP) is 0.191. The molecule has 1 aromatic carbocycles. The van der Waals surface area contributed by atoms with Crippen molar-refractivity contribution in [1.29, 1.82) is 0 Å². The zero-order valence-electron chi connectivity index (χ0n) is 6.98. The number of rotatable bonds is 0. The van der Waals surface area contributed by atoms with Gasteiger partial charge in [-0.25, -0.2) is 0 Å². The summed E-state index contributed by atoms with van der Waals surface area (Å²) in [6, 6.07) is 6.18. The summed E-state index contributed by atoms with van der Waals surface area (Å²) in [4.78, 5) is 4.13. The zero-order chi connectivity index (χ0) is 8.67. The molecule has 0 saturated heterocycles. The highest BCUT2D eigenvalue weighted by molar-refractivity contribution is 7.70. The Morgan fingerprint density at radius 2 is 2.14 bits per heavy atom. The Balaban J connectivity index is 0.000000750. The van der Waals surface area contributed by atoms with Gasteiger partial charge >= 0.3 is 10.3 Å². The van der Waals surface area contributed by atoms with Crippen molar-refractivity contribution in [3.63, 3.8) is 0 Å². The third-order valence-corrected chi connectivity index (χ3v) is 3.90. The number of nitrogens with zero attached hydrogens (tertiary/aromatic N) is 2. The lowest BCUT2D eigenvalue weighted by atomic mass is 10.2. The molecule has 70 valence electrons. The molecule has 0 aliphatic heterocycles. The van der Waals surface area contributed by atoms with Crippen molar-refractivity contribution in [2.24, 2.45) is 0 Å². The Morgan fingerprint density at radius 3 is 3.07 bits per heavy atom. The van der Waals surface area contributed by atoms with Gasteiger partial charge in [0.1, 0.15) is 5.52 Å². The molecule has 0 radical (unpaired) electrons. The Bertz CT molecular complexity index is 579. The molecule has 0 atom stereocenters. The Morgan fingerprint density at radius 1 is 1.21 bits per heavy atom. The first-order chi connectivity index (χ1) is 6.45. The van der Waals surface area contributed by atoms with Gasteiger partial charge in [-0.1, -0.05) is 6.07 Å². The molecule has 2 aromatic heterocycles. The minimum Gasteiger partial charge on any atom is -1.00 e. The average molecular weight is 241 g/mol. The minimum atomic E-state index is 0. The number of fused-ring (bicyclic) bond motifs is 3. The quantitative estimate of drug-likeness (QED) is 0.414. The highest BCUT2D eigenvalue weighted by Gasteiger charge is 2.13. The molecule has 2 nitrogen and oxygen atoms in total. The summed E-state index contributed by atoms with van der Waals surface area (Å²) in [5, 5.41) is 2.44. The third kappa shape index (κ3) is 1.35. The molecule has 3 aromatic rings. The molecule has 0 amide bonds. The number of aromatic nitrogens is 2. The number of benzene rings is 1. The van der Waals surface area contributed by atoms with E-state index in [1.165, 1.54) is 26.0 Å². The van der Waals surface area contributed by atoms with E-state index in [0.717, 1.165) is 5.52 Å². The second kappa shape index (κ2) is 3.73.